The number of imidazole rings is 1. The van der Waals surface area contributed by atoms with Gasteiger partial charge in [0.1, 0.15) is 18.2 Å². The summed E-state index contributed by atoms with van der Waals surface area (Å²) in [4.78, 5) is 32.5. The van der Waals surface area contributed by atoms with Crippen molar-refractivity contribution in [2.75, 3.05) is 36.8 Å². The van der Waals surface area contributed by atoms with Gasteiger partial charge in [-0.2, -0.15) is 10.1 Å². The molecule has 31 heavy (non-hydrogen) atoms. The molecular weight excluding hydrogens is 416 g/mol. The number of amides is 1. The highest BCUT2D eigenvalue weighted by molar-refractivity contribution is 7.99. The minimum absolute atomic E-state index is 0.0664. The third-order valence-electron chi connectivity index (χ3n) is 4.80. The molecule has 12 heteroatoms. The van der Waals surface area contributed by atoms with Crippen molar-refractivity contribution in [2.24, 2.45) is 5.73 Å². The average Bonchev–Trinajstić information content (AvgIpc) is 3.40. The second-order valence-electron chi connectivity index (χ2n) is 6.94. The van der Waals surface area contributed by atoms with Crippen LogP contribution in [0, 0.1) is 6.92 Å². The van der Waals surface area contributed by atoms with Crippen molar-refractivity contribution in [2.45, 2.75) is 45.4 Å². The van der Waals surface area contributed by atoms with Crippen LogP contribution in [-0.4, -0.2) is 72.1 Å². The van der Waals surface area contributed by atoms with Gasteiger partial charge < -0.3 is 20.5 Å². The summed E-state index contributed by atoms with van der Waals surface area (Å²) in [5, 5.41) is 7.71. The van der Waals surface area contributed by atoms with E-state index in [4.69, 9.17) is 15.7 Å². The van der Waals surface area contributed by atoms with Gasteiger partial charge in [0.2, 0.25) is 11.9 Å². The fraction of sp³-hybridized carbons (Fsp3) is 0.579. The van der Waals surface area contributed by atoms with E-state index in [2.05, 4.69) is 43.7 Å². The van der Waals surface area contributed by atoms with Gasteiger partial charge in [-0.15, -0.1) is 0 Å². The molecule has 0 radical (unpaired) electrons. The van der Waals surface area contributed by atoms with Gasteiger partial charge in [0.05, 0.1) is 11.4 Å². The standard InChI is InChI=1S/C19H30N10OS/c1-4-27(5-2)18-24-14(3)16-17(26-18)29(10-6-9-28-13-21-12-23-28)19(25-16)31-11-15(30)22-8-7-20/h12-13H,4-11,20H2,1-3H3,(H,22,30). The maximum absolute atomic E-state index is 12.1. The molecule has 0 saturated carbocycles. The number of nitrogens with one attached hydrogen (secondary N) is 1. The van der Waals surface area contributed by atoms with Gasteiger partial charge in [-0.3, -0.25) is 9.48 Å². The lowest BCUT2D eigenvalue weighted by atomic mass is 10.3. The second-order valence-corrected chi connectivity index (χ2v) is 7.88. The number of aryl methyl sites for hydroxylation is 3. The molecule has 3 aromatic heterocycles. The molecule has 3 heterocycles. The molecule has 168 valence electrons. The highest BCUT2D eigenvalue weighted by Gasteiger charge is 2.19. The molecule has 0 aromatic carbocycles. The van der Waals surface area contributed by atoms with E-state index in [1.54, 1.807) is 11.0 Å². The molecule has 1 amide bonds. The number of nitrogens with two attached hydrogens (primary N) is 1. The third kappa shape index (κ3) is 5.70. The summed E-state index contributed by atoms with van der Waals surface area (Å²) in [6.45, 7) is 10.1. The SMILES string of the molecule is CCN(CC)c1nc(C)c2nc(SCC(=O)NCCN)n(CCCn3cncn3)c2n1. The van der Waals surface area contributed by atoms with Crippen LogP contribution in [0.5, 0.6) is 0 Å². The number of rotatable bonds is 12. The molecule has 3 rings (SSSR count). The quantitative estimate of drug-likeness (QED) is 0.388. The highest BCUT2D eigenvalue weighted by atomic mass is 32.2. The predicted molar refractivity (Wildman–Crippen MR) is 121 cm³/mol. The maximum atomic E-state index is 12.1. The van der Waals surface area contributed by atoms with Crippen molar-refractivity contribution in [3.63, 3.8) is 0 Å². The first-order chi connectivity index (χ1) is 15.1. The lowest BCUT2D eigenvalue weighted by Gasteiger charge is -2.19. The molecule has 11 nitrogen and oxygen atoms in total. The van der Waals surface area contributed by atoms with Gasteiger partial charge in [0, 0.05) is 39.3 Å². The Bertz CT molecular complexity index is 983. The fourth-order valence-electron chi connectivity index (χ4n) is 3.19. The van der Waals surface area contributed by atoms with Crippen molar-refractivity contribution >= 4 is 34.8 Å². The van der Waals surface area contributed by atoms with Gasteiger partial charge in [0.15, 0.2) is 10.8 Å². The predicted octanol–water partition coefficient (Wildman–Crippen LogP) is 0.830. The largest absolute Gasteiger partial charge is 0.354 e. The van der Waals surface area contributed by atoms with Crippen LogP contribution < -0.4 is 16.0 Å². The third-order valence-corrected chi connectivity index (χ3v) is 5.78. The van der Waals surface area contributed by atoms with Crippen LogP contribution >= 0.6 is 11.8 Å². The van der Waals surface area contributed by atoms with E-state index in [1.807, 2.05) is 6.92 Å². The Balaban J connectivity index is 1.89. The zero-order valence-electron chi connectivity index (χ0n) is 18.3. The highest BCUT2D eigenvalue weighted by Crippen LogP contribution is 2.26. The fourth-order valence-corrected chi connectivity index (χ4v) is 4.05. The number of fused-ring (bicyclic) bond motifs is 1. The Kier molecular flexibility index (Phi) is 8.18. The van der Waals surface area contributed by atoms with Crippen molar-refractivity contribution in [3.8, 4) is 0 Å². The van der Waals surface area contributed by atoms with Crippen molar-refractivity contribution in [1.82, 2.24) is 39.6 Å². The van der Waals surface area contributed by atoms with E-state index in [0.717, 1.165) is 48.1 Å². The minimum atomic E-state index is -0.0664. The van der Waals surface area contributed by atoms with Gasteiger partial charge >= 0.3 is 0 Å². The molecule has 0 atom stereocenters. The Morgan fingerprint density at radius 3 is 2.71 bits per heavy atom. The molecule has 0 aliphatic carbocycles. The Hall–Kier alpha value is -2.73. The van der Waals surface area contributed by atoms with Crippen LogP contribution in [0.3, 0.4) is 0 Å². The molecule has 3 N–H and O–H groups in total. The monoisotopic (exact) mass is 446 g/mol. The molecule has 0 fully saturated rings. The van der Waals surface area contributed by atoms with Crippen molar-refractivity contribution in [3.05, 3.63) is 18.3 Å². The zero-order valence-corrected chi connectivity index (χ0v) is 19.1. The van der Waals surface area contributed by atoms with E-state index < -0.39 is 0 Å². The summed E-state index contributed by atoms with van der Waals surface area (Å²) in [7, 11) is 0. The molecule has 3 aromatic rings. The molecule has 0 unspecified atom stereocenters. The van der Waals surface area contributed by atoms with Crippen LogP contribution in [0.1, 0.15) is 26.0 Å². The first kappa shape index (κ1) is 22.9. The molecule has 0 aliphatic rings. The van der Waals surface area contributed by atoms with Gasteiger partial charge in [-0.1, -0.05) is 11.8 Å². The Labute approximate surface area is 185 Å². The summed E-state index contributed by atoms with van der Waals surface area (Å²) < 4.78 is 3.88. The summed E-state index contributed by atoms with van der Waals surface area (Å²) in [5.74, 6) is 0.898. The molecule has 0 bridgehead atoms. The molecule has 0 saturated heterocycles. The van der Waals surface area contributed by atoms with Crippen molar-refractivity contribution < 1.29 is 4.79 Å². The van der Waals surface area contributed by atoms with Crippen molar-refractivity contribution in [1.29, 1.82) is 0 Å². The van der Waals surface area contributed by atoms with E-state index in [0.29, 0.717) is 25.6 Å². The zero-order chi connectivity index (χ0) is 22.2. The summed E-state index contributed by atoms with van der Waals surface area (Å²) in [6.07, 6.45) is 4.06. The van der Waals surface area contributed by atoms with E-state index in [-0.39, 0.29) is 11.7 Å². The van der Waals surface area contributed by atoms with Crippen LogP contribution in [0.4, 0.5) is 5.95 Å². The van der Waals surface area contributed by atoms with Crippen LogP contribution in [-0.2, 0) is 17.9 Å². The number of anilines is 1. The second kappa shape index (κ2) is 11.0. The minimum Gasteiger partial charge on any atom is -0.354 e. The normalized spacial score (nSPS) is 11.2. The lowest BCUT2D eigenvalue weighted by molar-refractivity contribution is -0.118. The summed E-state index contributed by atoms with van der Waals surface area (Å²) >= 11 is 1.40. The Morgan fingerprint density at radius 2 is 2.03 bits per heavy atom. The van der Waals surface area contributed by atoms with Crippen LogP contribution in [0.2, 0.25) is 0 Å². The summed E-state index contributed by atoms with van der Waals surface area (Å²) in [5.41, 5.74) is 7.85. The van der Waals surface area contributed by atoms with Gasteiger partial charge in [-0.25, -0.2) is 15.0 Å². The average molecular weight is 447 g/mol. The molecule has 0 spiro atoms. The molecular formula is C19H30N10OS. The van der Waals surface area contributed by atoms with Gasteiger partial charge in [0.25, 0.3) is 0 Å². The first-order valence-corrected chi connectivity index (χ1v) is 11.5. The number of nitrogens with zero attached hydrogens (tertiary/aromatic N) is 8. The van der Waals surface area contributed by atoms with E-state index >= 15 is 0 Å². The summed E-state index contributed by atoms with van der Waals surface area (Å²) in [6, 6.07) is 0. The number of aromatic nitrogens is 7. The number of hydrogen-bond acceptors (Lipinski definition) is 9. The first-order valence-electron chi connectivity index (χ1n) is 10.5. The molecule has 0 aliphatic heterocycles. The van der Waals surface area contributed by atoms with E-state index in [1.165, 1.54) is 18.1 Å². The maximum Gasteiger partial charge on any atom is 0.230 e. The number of carbonyl (C=O) groups excluding carboxylic acids is 1. The Morgan fingerprint density at radius 1 is 1.23 bits per heavy atom. The smallest absolute Gasteiger partial charge is 0.230 e. The topological polar surface area (TPSA) is 133 Å². The van der Waals surface area contributed by atoms with Gasteiger partial charge in [-0.05, 0) is 27.2 Å². The number of thioether (sulfide) groups is 1. The number of carbonyl (C=O) groups is 1. The lowest BCUT2D eigenvalue weighted by Crippen LogP contribution is -2.30. The van der Waals surface area contributed by atoms with Crippen LogP contribution in [0.25, 0.3) is 11.2 Å². The van der Waals surface area contributed by atoms with Crippen LogP contribution in [0.15, 0.2) is 17.8 Å². The van der Waals surface area contributed by atoms with E-state index in [9.17, 15) is 4.79 Å². The number of hydrogen-bond donors (Lipinski definition) is 2.